The third-order valence-corrected chi connectivity index (χ3v) is 4.78. The molecule has 1 aromatic heterocycles. The summed E-state index contributed by atoms with van der Waals surface area (Å²) >= 11 is 0. The Morgan fingerprint density at radius 1 is 1.32 bits per heavy atom. The maximum atomic E-state index is 12.2. The molecule has 7 heteroatoms. The third-order valence-electron chi connectivity index (χ3n) is 4.78. The quantitative estimate of drug-likeness (QED) is 0.888. The number of nitriles is 1. The Labute approximate surface area is 148 Å². The van der Waals surface area contributed by atoms with E-state index in [4.69, 9.17) is 4.74 Å². The number of likely N-dealkylation sites (tertiary alicyclic amines) is 1. The second-order valence-electron chi connectivity index (χ2n) is 8.08. The summed E-state index contributed by atoms with van der Waals surface area (Å²) in [5.74, 6) is 1.49. The van der Waals surface area contributed by atoms with Crippen LogP contribution in [-0.2, 0) is 4.74 Å². The highest BCUT2D eigenvalue weighted by molar-refractivity contribution is 5.68. The average Bonchev–Trinajstić information content (AvgIpc) is 3.05. The first kappa shape index (κ1) is 17.5. The number of aromatic nitrogens is 2. The highest BCUT2D eigenvalue weighted by Gasteiger charge is 2.43. The molecule has 2 fully saturated rings. The minimum atomic E-state index is -0.462. The first-order chi connectivity index (χ1) is 11.7. The number of rotatable bonds is 2. The van der Waals surface area contributed by atoms with E-state index in [0.717, 1.165) is 31.6 Å². The average molecular weight is 343 g/mol. The topological polar surface area (TPSA) is 91.1 Å². The molecule has 1 saturated heterocycles. The standard InChI is InChI=1S/C18H25N5O2/c1-11-5-12(8-19)16(22-21-11)20-15-6-13-9-23(10-14(13)7-15)17(24)25-18(2,3)4/h5,13-15H,6-7,9-10H2,1-4H3,(H,20,22)/t13-,14+,15?. The van der Waals surface area contributed by atoms with Crippen molar-refractivity contribution in [3.8, 4) is 6.07 Å². The number of hydrogen-bond acceptors (Lipinski definition) is 6. The van der Waals surface area contributed by atoms with Crippen LogP contribution in [0.1, 0.15) is 44.9 Å². The van der Waals surface area contributed by atoms with Gasteiger partial charge in [0.25, 0.3) is 0 Å². The van der Waals surface area contributed by atoms with Crippen molar-refractivity contribution in [3.05, 3.63) is 17.3 Å². The van der Waals surface area contributed by atoms with Gasteiger partial charge >= 0.3 is 6.09 Å². The van der Waals surface area contributed by atoms with E-state index >= 15 is 0 Å². The summed E-state index contributed by atoms with van der Waals surface area (Å²) in [6.45, 7) is 8.96. The number of nitrogens with one attached hydrogen (secondary N) is 1. The molecule has 1 amide bonds. The van der Waals surface area contributed by atoms with Gasteiger partial charge in [-0.3, -0.25) is 0 Å². The first-order valence-electron chi connectivity index (χ1n) is 8.74. The molecular weight excluding hydrogens is 318 g/mol. The Morgan fingerprint density at radius 2 is 1.96 bits per heavy atom. The van der Waals surface area contributed by atoms with Crippen LogP contribution in [0.3, 0.4) is 0 Å². The Kier molecular flexibility index (Phi) is 4.55. The van der Waals surface area contributed by atoms with Gasteiger partial charge in [0.2, 0.25) is 0 Å². The predicted molar refractivity (Wildman–Crippen MR) is 92.9 cm³/mol. The molecular formula is C18H25N5O2. The van der Waals surface area contributed by atoms with Crippen molar-refractivity contribution in [2.75, 3.05) is 18.4 Å². The van der Waals surface area contributed by atoms with E-state index in [9.17, 15) is 10.1 Å². The Balaban J connectivity index is 1.57. The van der Waals surface area contributed by atoms with E-state index in [0.29, 0.717) is 23.2 Å². The highest BCUT2D eigenvalue weighted by atomic mass is 16.6. The van der Waals surface area contributed by atoms with E-state index in [2.05, 4.69) is 21.6 Å². The summed E-state index contributed by atoms with van der Waals surface area (Å²) in [5.41, 5.74) is 0.801. The number of carbonyl (C=O) groups excluding carboxylic acids is 1. The molecule has 1 aromatic rings. The third kappa shape index (κ3) is 4.01. The minimum absolute atomic E-state index is 0.220. The van der Waals surface area contributed by atoms with Crippen molar-refractivity contribution >= 4 is 11.9 Å². The van der Waals surface area contributed by atoms with Gasteiger partial charge in [-0.1, -0.05) is 0 Å². The number of fused-ring (bicyclic) bond motifs is 1. The second kappa shape index (κ2) is 6.51. The number of nitrogens with zero attached hydrogens (tertiary/aromatic N) is 4. The molecule has 2 aliphatic rings. The van der Waals surface area contributed by atoms with Crippen molar-refractivity contribution < 1.29 is 9.53 Å². The number of hydrogen-bond donors (Lipinski definition) is 1. The lowest BCUT2D eigenvalue weighted by Gasteiger charge is -2.25. The SMILES string of the molecule is Cc1cc(C#N)c(NC2C[C@@H]3CN(C(=O)OC(C)(C)C)C[C@@H]3C2)nn1. The Hall–Kier alpha value is -2.36. The summed E-state index contributed by atoms with van der Waals surface area (Å²) in [6.07, 6.45) is 1.71. The largest absolute Gasteiger partial charge is 0.444 e. The molecule has 3 atom stereocenters. The van der Waals surface area contributed by atoms with Crippen LogP contribution < -0.4 is 5.32 Å². The van der Waals surface area contributed by atoms with Crippen molar-refractivity contribution in [2.24, 2.45) is 11.8 Å². The van der Waals surface area contributed by atoms with E-state index < -0.39 is 5.60 Å². The van der Waals surface area contributed by atoms with Gasteiger partial charge in [0, 0.05) is 19.1 Å². The van der Waals surface area contributed by atoms with Crippen molar-refractivity contribution in [1.29, 1.82) is 5.26 Å². The molecule has 1 aliphatic carbocycles. The molecule has 1 unspecified atom stereocenters. The molecule has 7 nitrogen and oxygen atoms in total. The van der Waals surface area contributed by atoms with Crippen LogP contribution in [0.2, 0.25) is 0 Å². The smallest absolute Gasteiger partial charge is 0.410 e. The molecule has 25 heavy (non-hydrogen) atoms. The van der Waals surface area contributed by atoms with E-state index in [-0.39, 0.29) is 12.1 Å². The van der Waals surface area contributed by atoms with E-state index in [1.54, 1.807) is 6.07 Å². The summed E-state index contributed by atoms with van der Waals surface area (Å²) in [5, 5.41) is 20.8. The van der Waals surface area contributed by atoms with Crippen LogP contribution in [0, 0.1) is 30.1 Å². The number of amides is 1. The molecule has 3 rings (SSSR count). The number of ether oxygens (including phenoxy) is 1. The number of anilines is 1. The zero-order chi connectivity index (χ0) is 18.2. The van der Waals surface area contributed by atoms with Crippen LogP contribution >= 0.6 is 0 Å². The molecule has 2 heterocycles. The molecule has 134 valence electrons. The van der Waals surface area contributed by atoms with Crippen molar-refractivity contribution in [1.82, 2.24) is 15.1 Å². The molecule has 1 saturated carbocycles. The van der Waals surface area contributed by atoms with Gasteiger partial charge in [0.05, 0.1) is 11.3 Å². The fourth-order valence-electron chi connectivity index (χ4n) is 3.77. The van der Waals surface area contributed by atoms with E-state index in [1.807, 2.05) is 32.6 Å². The van der Waals surface area contributed by atoms with Crippen molar-refractivity contribution in [2.45, 2.75) is 52.2 Å². The monoisotopic (exact) mass is 343 g/mol. The molecule has 0 radical (unpaired) electrons. The van der Waals surface area contributed by atoms with Gasteiger partial charge < -0.3 is 15.0 Å². The summed E-state index contributed by atoms with van der Waals surface area (Å²) in [4.78, 5) is 14.0. The lowest BCUT2D eigenvalue weighted by atomic mass is 10.0. The molecule has 1 aliphatic heterocycles. The molecule has 1 N–H and O–H groups in total. The maximum Gasteiger partial charge on any atom is 0.410 e. The zero-order valence-corrected chi connectivity index (χ0v) is 15.2. The zero-order valence-electron chi connectivity index (χ0n) is 15.2. The summed E-state index contributed by atoms with van der Waals surface area (Å²) < 4.78 is 5.47. The van der Waals surface area contributed by atoms with Crippen LogP contribution in [0.15, 0.2) is 6.07 Å². The lowest BCUT2D eigenvalue weighted by molar-refractivity contribution is 0.0280. The fourth-order valence-corrected chi connectivity index (χ4v) is 3.77. The lowest BCUT2D eigenvalue weighted by Crippen LogP contribution is -2.36. The van der Waals surface area contributed by atoms with Gasteiger partial charge in [0.15, 0.2) is 5.82 Å². The van der Waals surface area contributed by atoms with Crippen LogP contribution in [-0.4, -0.2) is 45.9 Å². The highest BCUT2D eigenvalue weighted by Crippen LogP contribution is 2.39. The van der Waals surface area contributed by atoms with Gasteiger partial charge in [-0.05, 0) is 58.4 Å². The van der Waals surface area contributed by atoms with Crippen LogP contribution in [0.5, 0.6) is 0 Å². The maximum absolute atomic E-state index is 12.2. The van der Waals surface area contributed by atoms with Gasteiger partial charge in [-0.15, -0.1) is 5.10 Å². The van der Waals surface area contributed by atoms with Gasteiger partial charge in [-0.25, -0.2) is 4.79 Å². The van der Waals surface area contributed by atoms with Gasteiger partial charge in [0.1, 0.15) is 11.7 Å². The summed E-state index contributed by atoms with van der Waals surface area (Å²) in [7, 11) is 0. The van der Waals surface area contributed by atoms with Gasteiger partial charge in [-0.2, -0.15) is 10.4 Å². The summed E-state index contributed by atoms with van der Waals surface area (Å²) in [6, 6.07) is 4.18. The number of carbonyl (C=O) groups is 1. The Bertz CT molecular complexity index is 692. The second-order valence-corrected chi connectivity index (χ2v) is 8.08. The minimum Gasteiger partial charge on any atom is -0.444 e. The Morgan fingerprint density at radius 3 is 2.52 bits per heavy atom. The first-order valence-corrected chi connectivity index (χ1v) is 8.74. The molecule has 0 bridgehead atoms. The van der Waals surface area contributed by atoms with Crippen molar-refractivity contribution in [3.63, 3.8) is 0 Å². The van der Waals surface area contributed by atoms with Crippen LogP contribution in [0.25, 0.3) is 0 Å². The normalized spacial score (nSPS) is 25.4. The predicted octanol–water partition coefficient (Wildman–Crippen LogP) is 2.71. The van der Waals surface area contributed by atoms with E-state index in [1.165, 1.54) is 0 Å². The van der Waals surface area contributed by atoms with Crippen LogP contribution in [0.4, 0.5) is 10.6 Å². The number of aryl methyl sites for hydroxylation is 1. The fraction of sp³-hybridized carbons (Fsp3) is 0.667. The molecule has 0 spiro atoms. The molecule has 0 aromatic carbocycles.